The molecule has 1 aromatic carbocycles. The van der Waals surface area contributed by atoms with Crippen LogP contribution in [0.1, 0.15) is 17.2 Å². The summed E-state index contributed by atoms with van der Waals surface area (Å²) < 4.78 is 5.54. The number of rotatable bonds is 1. The Bertz CT molecular complexity index is 291. The molecule has 0 N–H and O–H groups in total. The van der Waals surface area contributed by atoms with Crippen LogP contribution in [0.2, 0.25) is 0 Å². The van der Waals surface area contributed by atoms with Gasteiger partial charge in [-0.2, -0.15) is 0 Å². The third-order valence-corrected chi connectivity index (χ3v) is 2.24. The molecule has 0 unspecified atom stereocenters. The fourth-order valence-corrected chi connectivity index (χ4v) is 1.62. The highest BCUT2D eigenvalue weighted by atomic mass is 16.5. The molecule has 1 aliphatic heterocycles. The lowest BCUT2D eigenvalue weighted by atomic mass is 9.98. The summed E-state index contributed by atoms with van der Waals surface area (Å²) in [6.45, 7) is 4.57. The maximum atomic E-state index is 5.54. The molecule has 0 radical (unpaired) electrons. The molecular formula is C11H12O. The van der Waals surface area contributed by atoms with Crippen molar-refractivity contribution in [3.8, 4) is 0 Å². The van der Waals surface area contributed by atoms with Crippen LogP contribution in [0.3, 0.4) is 0 Å². The van der Waals surface area contributed by atoms with Crippen LogP contribution in [0.5, 0.6) is 0 Å². The summed E-state index contributed by atoms with van der Waals surface area (Å²) in [6, 6.07) is 8.39. The van der Waals surface area contributed by atoms with Crippen molar-refractivity contribution in [2.24, 2.45) is 0 Å². The smallest absolute Gasteiger partial charge is 0.101 e. The molecule has 0 saturated heterocycles. The second-order valence-electron chi connectivity index (χ2n) is 2.98. The minimum Gasteiger partial charge on any atom is -0.369 e. The van der Waals surface area contributed by atoms with Gasteiger partial charge in [-0.25, -0.2) is 0 Å². The van der Waals surface area contributed by atoms with Crippen LogP contribution in [0.25, 0.3) is 0 Å². The van der Waals surface area contributed by atoms with Crippen LogP contribution in [-0.2, 0) is 11.2 Å². The lowest BCUT2D eigenvalue weighted by Crippen LogP contribution is -2.14. The largest absolute Gasteiger partial charge is 0.369 e. The quantitative estimate of drug-likeness (QED) is 0.573. The van der Waals surface area contributed by atoms with E-state index in [0.29, 0.717) is 0 Å². The molecule has 0 spiro atoms. The predicted octanol–water partition coefficient (Wildman–Crippen LogP) is 2.49. The van der Waals surface area contributed by atoms with Gasteiger partial charge in [-0.1, -0.05) is 30.3 Å². The van der Waals surface area contributed by atoms with E-state index in [2.05, 4.69) is 24.8 Å². The second-order valence-corrected chi connectivity index (χ2v) is 2.98. The fraction of sp³-hybridized carbons (Fsp3) is 0.273. The fourth-order valence-electron chi connectivity index (χ4n) is 1.62. The van der Waals surface area contributed by atoms with Gasteiger partial charge in [-0.15, -0.1) is 6.58 Å². The van der Waals surface area contributed by atoms with E-state index in [0.717, 1.165) is 13.0 Å². The van der Waals surface area contributed by atoms with Gasteiger partial charge in [-0.05, 0) is 17.5 Å². The van der Waals surface area contributed by atoms with E-state index in [1.807, 2.05) is 12.1 Å². The van der Waals surface area contributed by atoms with Gasteiger partial charge in [0, 0.05) is 0 Å². The number of hydrogen-bond acceptors (Lipinski definition) is 1. The van der Waals surface area contributed by atoms with Crippen molar-refractivity contribution in [1.29, 1.82) is 0 Å². The zero-order chi connectivity index (χ0) is 8.39. The zero-order valence-electron chi connectivity index (χ0n) is 6.99. The second kappa shape index (κ2) is 3.11. The Kier molecular flexibility index (Phi) is 1.96. The van der Waals surface area contributed by atoms with Gasteiger partial charge in [0.15, 0.2) is 0 Å². The summed E-state index contributed by atoms with van der Waals surface area (Å²) in [4.78, 5) is 0. The highest BCUT2D eigenvalue weighted by Gasteiger charge is 2.16. The number of hydrogen-bond donors (Lipinski definition) is 0. The molecule has 1 heterocycles. The molecule has 1 heteroatoms. The zero-order valence-corrected chi connectivity index (χ0v) is 6.99. The van der Waals surface area contributed by atoms with Crippen LogP contribution in [-0.4, -0.2) is 6.61 Å². The van der Waals surface area contributed by atoms with Crippen LogP contribution in [0, 0.1) is 0 Å². The van der Waals surface area contributed by atoms with E-state index >= 15 is 0 Å². The van der Waals surface area contributed by atoms with E-state index in [4.69, 9.17) is 4.74 Å². The SMILES string of the molecule is C=C[C@@H]1OCCc2ccccc21. The molecule has 62 valence electrons. The predicted molar refractivity (Wildman–Crippen MR) is 49.0 cm³/mol. The van der Waals surface area contributed by atoms with Crippen molar-refractivity contribution in [1.82, 2.24) is 0 Å². The minimum atomic E-state index is 0.106. The van der Waals surface area contributed by atoms with Gasteiger partial charge < -0.3 is 4.74 Å². The average molecular weight is 160 g/mol. The van der Waals surface area contributed by atoms with Gasteiger partial charge in [0.25, 0.3) is 0 Å². The molecular weight excluding hydrogens is 148 g/mol. The van der Waals surface area contributed by atoms with E-state index in [1.165, 1.54) is 11.1 Å². The van der Waals surface area contributed by atoms with Crippen molar-refractivity contribution in [3.05, 3.63) is 48.0 Å². The molecule has 12 heavy (non-hydrogen) atoms. The first kappa shape index (κ1) is 7.56. The van der Waals surface area contributed by atoms with Gasteiger partial charge in [-0.3, -0.25) is 0 Å². The molecule has 0 aliphatic carbocycles. The van der Waals surface area contributed by atoms with E-state index < -0.39 is 0 Å². The van der Waals surface area contributed by atoms with Gasteiger partial charge in [0.05, 0.1) is 6.61 Å². The Labute approximate surface area is 72.7 Å². The molecule has 1 aromatic rings. The lowest BCUT2D eigenvalue weighted by molar-refractivity contribution is 0.0752. The van der Waals surface area contributed by atoms with Crippen LogP contribution in [0.15, 0.2) is 36.9 Å². The average Bonchev–Trinajstić information content (AvgIpc) is 2.17. The van der Waals surface area contributed by atoms with Crippen molar-refractivity contribution in [2.75, 3.05) is 6.61 Å². The Hall–Kier alpha value is -1.08. The monoisotopic (exact) mass is 160 g/mol. The van der Waals surface area contributed by atoms with Crippen molar-refractivity contribution >= 4 is 0 Å². The first-order valence-corrected chi connectivity index (χ1v) is 4.24. The molecule has 0 fully saturated rings. The van der Waals surface area contributed by atoms with E-state index in [9.17, 15) is 0 Å². The number of ether oxygens (including phenoxy) is 1. The van der Waals surface area contributed by atoms with E-state index in [1.54, 1.807) is 0 Å². The number of benzene rings is 1. The first-order valence-electron chi connectivity index (χ1n) is 4.24. The third-order valence-electron chi connectivity index (χ3n) is 2.24. The van der Waals surface area contributed by atoms with Crippen molar-refractivity contribution in [2.45, 2.75) is 12.5 Å². The van der Waals surface area contributed by atoms with Crippen LogP contribution >= 0.6 is 0 Å². The Morgan fingerprint density at radius 3 is 3.08 bits per heavy atom. The summed E-state index contributed by atoms with van der Waals surface area (Å²) in [5.41, 5.74) is 2.67. The normalized spacial score (nSPS) is 21.5. The topological polar surface area (TPSA) is 9.23 Å². The highest BCUT2D eigenvalue weighted by molar-refractivity contribution is 5.32. The van der Waals surface area contributed by atoms with Crippen LogP contribution in [0.4, 0.5) is 0 Å². The summed E-state index contributed by atoms with van der Waals surface area (Å²) in [6.07, 6.45) is 2.99. The first-order chi connectivity index (χ1) is 5.92. The third kappa shape index (κ3) is 1.16. The molecule has 0 saturated carbocycles. The van der Waals surface area contributed by atoms with Gasteiger partial charge in [0.2, 0.25) is 0 Å². The maximum Gasteiger partial charge on any atom is 0.101 e. The maximum absolute atomic E-state index is 5.54. The molecule has 2 rings (SSSR count). The molecule has 1 nitrogen and oxygen atoms in total. The molecule has 0 amide bonds. The summed E-state index contributed by atoms with van der Waals surface area (Å²) >= 11 is 0. The lowest BCUT2D eigenvalue weighted by Gasteiger charge is -2.23. The van der Waals surface area contributed by atoms with Gasteiger partial charge >= 0.3 is 0 Å². The Morgan fingerprint density at radius 2 is 2.25 bits per heavy atom. The summed E-state index contributed by atoms with van der Waals surface area (Å²) in [5, 5.41) is 0. The molecule has 1 aliphatic rings. The summed E-state index contributed by atoms with van der Waals surface area (Å²) in [5.74, 6) is 0. The number of fused-ring (bicyclic) bond motifs is 1. The van der Waals surface area contributed by atoms with Crippen molar-refractivity contribution < 1.29 is 4.74 Å². The summed E-state index contributed by atoms with van der Waals surface area (Å²) in [7, 11) is 0. The van der Waals surface area contributed by atoms with E-state index in [-0.39, 0.29) is 6.10 Å². The van der Waals surface area contributed by atoms with Crippen molar-refractivity contribution in [3.63, 3.8) is 0 Å². The minimum absolute atomic E-state index is 0.106. The highest BCUT2D eigenvalue weighted by Crippen LogP contribution is 2.26. The van der Waals surface area contributed by atoms with Crippen LogP contribution < -0.4 is 0 Å². The van der Waals surface area contributed by atoms with Gasteiger partial charge in [0.1, 0.15) is 6.10 Å². The molecule has 0 aromatic heterocycles. The standard InChI is InChI=1S/C11H12O/c1-2-11-10-6-4-3-5-9(10)7-8-12-11/h2-6,11H,1,7-8H2/t11-/m0/s1. The molecule has 0 bridgehead atoms. The Morgan fingerprint density at radius 1 is 1.42 bits per heavy atom. The Balaban J connectivity index is 2.43. The molecule has 1 atom stereocenters.